The second-order valence-corrected chi connectivity index (χ2v) is 7.87. The van der Waals surface area contributed by atoms with Crippen molar-refractivity contribution in [3.63, 3.8) is 0 Å². The van der Waals surface area contributed by atoms with E-state index in [1.165, 1.54) is 17.3 Å². The molecular formula is C22H25N3O3S. The molecule has 0 spiro atoms. The van der Waals surface area contributed by atoms with E-state index < -0.39 is 0 Å². The van der Waals surface area contributed by atoms with Gasteiger partial charge in [0.2, 0.25) is 0 Å². The molecule has 1 N–H and O–H groups in total. The van der Waals surface area contributed by atoms with Gasteiger partial charge < -0.3 is 14.6 Å². The summed E-state index contributed by atoms with van der Waals surface area (Å²) in [5, 5.41) is 7.52. The summed E-state index contributed by atoms with van der Waals surface area (Å²) in [5.74, 6) is 2.46. The second kappa shape index (κ2) is 10.1. The minimum absolute atomic E-state index is 0.171. The Bertz CT molecular complexity index is 938. The molecule has 3 rings (SSSR count). The van der Waals surface area contributed by atoms with Crippen molar-refractivity contribution in [3.8, 4) is 5.75 Å². The molecule has 2 aromatic heterocycles. The first-order valence-corrected chi connectivity index (χ1v) is 10.5. The number of rotatable bonds is 9. The Morgan fingerprint density at radius 2 is 2.03 bits per heavy atom. The molecule has 6 nitrogen and oxygen atoms in total. The molecule has 0 saturated heterocycles. The van der Waals surface area contributed by atoms with Crippen LogP contribution in [0.3, 0.4) is 0 Å². The molecule has 0 aliphatic heterocycles. The van der Waals surface area contributed by atoms with Gasteiger partial charge in [0.1, 0.15) is 23.1 Å². The Hall–Kier alpha value is -2.80. The molecular weight excluding hydrogens is 386 g/mol. The highest BCUT2D eigenvalue weighted by atomic mass is 32.2. The fourth-order valence-corrected chi connectivity index (χ4v) is 3.56. The fourth-order valence-electron chi connectivity index (χ4n) is 2.68. The number of pyridine rings is 1. The quantitative estimate of drug-likeness (QED) is 0.409. The molecule has 152 valence electrons. The Kier molecular flexibility index (Phi) is 7.30. The van der Waals surface area contributed by atoms with E-state index in [1.807, 2.05) is 25.1 Å². The predicted molar refractivity (Wildman–Crippen MR) is 113 cm³/mol. The van der Waals surface area contributed by atoms with E-state index in [2.05, 4.69) is 41.4 Å². The molecule has 0 aliphatic carbocycles. The lowest BCUT2D eigenvalue weighted by Gasteiger charge is -2.11. The fraction of sp³-hybridized carbons (Fsp3) is 0.318. The molecule has 1 amide bonds. The van der Waals surface area contributed by atoms with Crippen molar-refractivity contribution in [1.29, 1.82) is 0 Å². The van der Waals surface area contributed by atoms with Gasteiger partial charge in [-0.1, -0.05) is 42.9 Å². The highest BCUT2D eigenvalue weighted by Gasteiger charge is 2.13. The van der Waals surface area contributed by atoms with Gasteiger partial charge >= 0.3 is 0 Å². The third kappa shape index (κ3) is 6.09. The Labute approximate surface area is 175 Å². The molecule has 0 radical (unpaired) electrons. The summed E-state index contributed by atoms with van der Waals surface area (Å²) in [5.41, 5.74) is 2.63. The van der Waals surface area contributed by atoms with Gasteiger partial charge in [-0.05, 0) is 42.7 Å². The molecule has 0 bridgehead atoms. The van der Waals surface area contributed by atoms with Gasteiger partial charge in [0.25, 0.3) is 5.91 Å². The maximum atomic E-state index is 12.6. The van der Waals surface area contributed by atoms with Crippen molar-refractivity contribution in [3.05, 3.63) is 71.2 Å². The molecule has 0 atom stereocenters. The molecule has 7 heteroatoms. The number of nitrogens with one attached hydrogen (secondary N) is 1. The lowest BCUT2D eigenvalue weighted by atomic mass is 10.0. The van der Waals surface area contributed by atoms with E-state index in [1.54, 1.807) is 18.3 Å². The highest BCUT2D eigenvalue weighted by Crippen LogP contribution is 2.24. The van der Waals surface area contributed by atoms with Crippen LogP contribution in [0.25, 0.3) is 0 Å². The lowest BCUT2D eigenvalue weighted by Crippen LogP contribution is -2.28. The maximum absolute atomic E-state index is 12.6. The van der Waals surface area contributed by atoms with Crippen LogP contribution in [-0.4, -0.2) is 29.2 Å². The first kappa shape index (κ1) is 20.9. The van der Waals surface area contributed by atoms with Crippen LogP contribution >= 0.6 is 11.8 Å². The average molecular weight is 412 g/mol. The van der Waals surface area contributed by atoms with Crippen molar-refractivity contribution in [2.45, 2.75) is 37.5 Å². The summed E-state index contributed by atoms with van der Waals surface area (Å²) < 4.78 is 10.8. The largest absolute Gasteiger partial charge is 0.492 e. The number of amides is 1. The molecule has 29 heavy (non-hydrogen) atoms. The summed E-state index contributed by atoms with van der Waals surface area (Å²) >= 11 is 1.46. The Balaban J connectivity index is 1.49. The van der Waals surface area contributed by atoms with Gasteiger partial charge in [0.05, 0.1) is 17.8 Å². The highest BCUT2D eigenvalue weighted by molar-refractivity contribution is 7.98. The summed E-state index contributed by atoms with van der Waals surface area (Å²) in [6.07, 6.45) is 1.68. The van der Waals surface area contributed by atoms with Gasteiger partial charge in [0, 0.05) is 18.0 Å². The van der Waals surface area contributed by atoms with Crippen LogP contribution < -0.4 is 10.1 Å². The molecule has 0 fully saturated rings. The van der Waals surface area contributed by atoms with Crippen LogP contribution in [0.1, 0.15) is 47.1 Å². The van der Waals surface area contributed by atoms with Crippen molar-refractivity contribution < 1.29 is 14.1 Å². The summed E-state index contributed by atoms with van der Waals surface area (Å²) in [7, 11) is 0. The molecule has 1 aromatic carbocycles. The number of nitrogens with zero attached hydrogens (tertiary/aromatic N) is 2. The SMILES string of the molecule is Cc1cc(CSc2ncccc2C(=O)NCCOc2ccc(C(C)C)cc2)no1. The number of thioether (sulfide) groups is 1. The van der Waals surface area contributed by atoms with Crippen LogP contribution in [-0.2, 0) is 5.75 Å². The zero-order valence-electron chi connectivity index (χ0n) is 16.8. The first-order valence-electron chi connectivity index (χ1n) is 9.54. The van der Waals surface area contributed by atoms with Gasteiger partial charge in [-0.15, -0.1) is 0 Å². The third-order valence-corrected chi connectivity index (χ3v) is 5.29. The lowest BCUT2D eigenvalue weighted by molar-refractivity contribution is 0.0943. The van der Waals surface area contributed by atoms with E-state index in [0.29, 0.717) is 35.4 Å². The number of benzene rings is 1. The smallest absolute Gasteiger partial charge is 0.254 e. The normalized spacial score (nSPS) is 10.9. The molecule has 0 saturated carbocycles. The van der Waals surface area contributed by atoms with Crippen molar-refractivity contribution in [1.82, 2.24) is 15.5 Å². The summed E-state index contributed by atoms with van der Waals surface area (Å²) in [4.78, 5) is 16.9. The van der Waals surface area contributed by atoms with Crippen LogP contribution in [0.5, 0.6) is 5.75 Å². The number of carbonyl (C=O) groups is 1. The van der Waals surface area contributed by atoms with E-state index in [0.717, 1.165) is 17.2 Å². The number of carbonyl (C=O) groups excluding carboxylic acids is 1. The van der Waals surface area contributed by atoms with Crippen LogP contribution in [0, 0.1) is 6.92 Å². The molecule has 3 aromatic rings. The van der Waals surface area contributed by atoms with Crippen molar-refractivity contribution in [2.24, 2.45) is 0 Å². The molecule has 2 heterocycles. The molecule has 0 aliphatic rings. The van der Waals surface area contributed by atoms with Gasteiger partial charge in [-0.2, -0.15) is 0 Å². The van der Waals surface area contributed by atoms with Gasteiger partial charge in [-0.3, -0.25) is 4.79 Å². The average Bonchev–Trinajstić information content (AvgIpc) is 3.15. The van der Waals surface area contributed by atoms with Crippen molar-refractivity contribution in [2.75, 3.05) is 13.2 Å². The summed E-state index contributed by atoms with van der Waals surface area (Å²) in [6, 6.07) is 13.4. The van der Waals surface area contributed by atoms with Crippen LogP contribution in [0.15, 0.2) is 58.2 Å². The third-order valence-electron chi connectivity index (χ3n) is 4.25. The number of aryl methyl sites for hydroxylation is 1. The first-order chi connectivity index (χ1) is 14.0. The molecule has 0 unspecified atom stereocenters. The summed E-state index contributed by atoms with van der Waals surface area (Å²) in [6.45, 7) is 6.97. The van der Waals surface area contributed by atoms with Crippen molar-refractivity contribution >= 4 is 17.7 Å². The Morgan fingerprint density at radius 3 is 2.72 bits per heavy atom. The predicted octanol–water partition coefficient (Wildman–Crippen LogP) is 4.60. The van der Waals surface area contributed by atoms with E-state index in [-0.39, 0.29) is 5.91 Å². The van der Waals surface area contributed by atoms with Gasteiger partial charge in [0.15, 0.2) is 0 Å². The number of hydrogen-bond donors (Lipinski definition) is 1. The van der Waals surface area contributed by atoms with Crippen LogP contribution in [0.4, 0.5) is 0 Å². The number of ether oxygens (including phenoxy) is 1. The van der Waals surface area contributed by atoms with Crippen LogP contribution in [0.2, 0.25) is 0 Å². The maximum Gasteiger partial charge on any atom is 0.254 e. The zero-order valence-corrected chi connectivity index (χ0v) is 17.7. The number of hydrogen-bond acceptors (Lipinski definition) is 6. The topological polar surface area (TPSA) is 77.2 Å². The second-order valence-electron chi connectivity index (χ2n) is 6.90. The minimum atomic E-state index is -0.171. The Morgan fingerprint density at radius 1 is 1.24 bits per heavy atom. The monoisotopic (exact) mass is 411 g/mol. The number of aromatic nitrogens is 2. The van der Waals surface area contributed by atoms with E-state index >= 15 is 0 Å². The van der Waals surface area contributed by atoms with E-state index in [4.69, 9.17) is 9.26 Å². The minimum Gasteiger partial charge on any atom is -0.492 e. The zero-order chi connectivity index (χ0) is 20.6. The standard InChI is InChI=1S/C22H25N3O3S/c1-15(2)17-6-8-19(9-7-17)27-12-11-23-21(26)20-5-4-10-24-22(20)29-14-18-13-16(3)28-25-18/h4-10,13,15H,11-12,14H2,1-3H3,(H,23,26). The van der Waals surface area contributed by atoms with Gasteiger partial charge in [-0.25, -0.2) is 4.98 Å². The van der Waals surface area contributed by atoms with E-state index in [9.17, 15) is 4.79 Å².